The third-order valence-electron chi connectivity index (χ3n) is 3.14. The first-order chi connectivity index (χ1) is 8.65. The normalized spacial score (nSPS) is 16.3. The molecular weight excluding hydrogens is 250 g/mol. The van der Waals surface area contributed by atoms with Crippen molar-refractivity contribution in [2.75, 3.05) is 6.54 Å². The first-order valence-electron chi connectivity index (χ1n) is 6.35. The van der Waals surface area contributed by atoms with Crippen molar-refractivity contribution < 1.29 is 9.90 Å². The fourth-order valence-corrected chi connectivity index (χ4v) is 2.08. The Hall–Kier alpha value is -1.06. The summed E-state index contributed by atoms with van der Waals surface area (Å²) in [5, 5.41) is 13.4. The molecule has 0 saturated heterocycles. The Balaban J connectivity index is 1.70. The van der Waals surface area contributed by atoms with Crippen molar-refractivity contribution in [2.24, 2.45) is 5.92 Å². The van der Waals surface area contributed by atoms with E-state index in [1.165, 1.54) is 12.8 Å². The lowest BCUT2D eigenvalue weighted by atomic mass is 10.1. The number of carbonyl (C=O) groups excluding carboxylic acids is 1. The summed E-state index contributed by atoms with van der Waals surface area (Å²) in [6.07, 6.45) is 2.92. The Labute approximate surface area is 112 Å². The average molecular weight is 268 g/mol. The predicted molar refractivity (Wildman–Crippen MR) is 71.4 cm³/mol. The predicted octanol–water partition coefficient (Wildman–Crippen LogP) is 2.68. The minimum Gasteiger partial charge on any atom is -0.388 e. The maximum atomic E-state index is 11.5. The summed E-state index contributed by atoms with van der Waals surface area (Å²) in [4.78, 5) is 11.5. The molecule has 0 radical (unpaired) electrons. The molecule has 0 aliphatic heterocycles. The van der Waals surface area contributed by atoms with Crippen LogP contribution in [-0.2, 0) is 4.79 Å². The molecule has 0 aromatic heterocycles. The molecule has 1 atom stereocenters. The Kier molecular flexibility index (Phi) is 4.61. The lowest BCUT2D eigenvalue weighted by molar-refractivity contribution is -0.121. The van der Waals surface area contributed by atoms with Crippen molar-refractivity contribution in [2.45, 2.75) is 31.8 Å². The molecule has 1 fully saturated rings. The maximum absolute atomic E-state index is 11.5. The van der Waals surface area contributed by atoms with Crippen LogP contribution in [0, 0.1) is 5.92 Å². The molecule has 3 nitrogen and oxygen atoms in total. The first-order valence-corrected chi connectivity index (χ1v) is 6.73. The molecule has 1 aromatic rings. The molecular formula is C14H18ClNO2. The molecule has 0 bridgehead atoms. The van der Waals surface area contributed by atoms with Crippen LogP contribution in [0.2, 0.25) is 5.02 Å². The molecule has 0 spiro atoms. The van der Waals surface area contributed by atoms with Crippen molar-refractivity contribution in [3.8, 4) is 0 Å². The monoisotopic (exact) mass is 267 g/mol. The topological polar surface area (TPSA) is 49.3 Å². The highest BCUT2D eigenvalue weighted by Gasteiger charge is 2.24. The number of carbonyl (C=O) groups is 1. The highest BCUT2D eigenvalue weighted by molar-refractivity contribution is 6.30. The van der Waals surface area contributed by atoms with E-state index in [1.807, 2.05) is 12.1 Å². The summed E-state index contributed by atoms with van der Waals surface area (Å²) in [6.45, 7) is 0.499. The molecule has 1 unspecified atom stereocenters. The number of amides is 1. The fourth-order valence-electron chi connectivity index (χ4n) is 1.89. The Morgan fingerprint density at radius 2 is 2.28 bits per heavy atom. The Morgan fingerprint density at radius 3 is 2.94 bits per heavy atom. The summed E-state index contributed by atoms with van der Waals surface area (Å²) in [6, 6.07) is 7.17. The molecule has 0 heterocycles. The molecule has 18 heavy (non-hydrogen) atoms. The van der Waals surface area contributed by atoms with Crippen LogP contribution in [0.4, 0.5) is 0 Å². The lowest BCUT2D eigenvalue weighted by Gasteiger charge is -2.12. The highest BCUT2D eigenvalue weighted by atomic mass is 35.5. The van der Waals surface area contributed by atoms with E-state index in [9.17, 15) is 9.90 Å². The van der Waals surface area contributed by atoms with E-state index in [0.717, 1.165) is 5.56 Å². The molecule has 1 aromatic carbocycles. The van der Waals surface area contributed by atoms with E-state index in [-0.39, 0.29) is 5.91 Å². The second kappa shape index (κ2) is 6.21. The van der Waals surface area contributed by atoms with E-state index < -0.39 is 6.10 Å². The standard InChI is InChI=1S/C14H18ClNO2/c15-12-3-1-2-11(9-12)13(17)6-7-16-14(18)8-10-4-5-10/h1-3,9-10,13,17H,4-8H2,(H,16,18). The van der Waals surface area contributed by atoms with Crippen LogP contribution >= 0.6 is 11.6 Å². The van der Waals surface area contributed by atoms with Gasteiger partial charge < -0.3 is 10.4 Å². The van der Waals surface area contributed by atoms with E-state index >= 15 is 0 Å². The lowest BCUT2D eigenvalue weighted by Crippen LogP contribution is -2.25. The SMILES string of the molecule is O=C(CC1CC1)NCCC(O)c1cccc(Cl)c1. The van der Waals surface area contributed by atoms with Gasteiger partial charge in [0.15, 0.2) is 0 Å². The van der Waals surface area contributed by atoms with E-state index in [1.54, 1.807) is 12.1 Å². The van der Waals surface area contributed by atoms with Crippen LogP contribution in [-0.4, -0.2) is 17.6 Å². The summed E-state index contributed by atoms with van der Waals surface area (Å²) in [5.41, 5.74) is 0.791. The smallest absolute Gasteiger partial charge is 0.220 e. The first kappa shape index (κ1) is 13.4. The quantitative estimate of drug-likeness (QED) is 0.833. The van der Waals surface area contributed by atoms with Crippen LogP contribution in [0.5, 0.6) is 0 Å². The zero-order valence-electron chi connectivity index (χ0n) is 10.2. The minimum atomic E-state index is -0.579. The molecule has 2 N–H and O–H groups in total. The third kappa shape index (κ3) is 4.31. The molecule has 98 valence electrons. The van der Waals surface area contributed by atoms with Gasteiger partial charge in [-0.1, -0.05) is 23.7 Å². The zero-order valence-corrected chi connectivity index (χ0v) is 11.0. The van der Waals surface area contributed by atoms with Crippen molar-refractivity contribution in [1.29, 1.82) is 0 Å². The number of hydrogen-bond acceptors (Lipinski definition) is 2. The third-order valence-corrected chi connectivity index (χ3v) is 3.38. The summed E-state index contributed by atoms with van der Waals surface area (Å²) in [5.74, 6) is 0.693. The molecule has 1 aliphatic carbocycles. The van der Waals surface area contributed by atoms with Crippen molar-refractivity contribution in [3.63, 3.8) is 0 Å². The second-order valence-corrected chi connectivity index (χ2v) is 5.29. The van der Waals surface area contributed by atoms with Gasteiger partial charge in [-0.05, 0) is 42.9 Å². The summed E-state index contributed by atoms with van der Waals surface area (Å²) < 4.78 is 0. The second-order valence-electron chi connectivity index (χ2n) is 4.86. The number of rotatable bonds is 6. The fraction of sp³-hybridized carbons (Fsp3) is 0.500. The zero-order chi connectivity index (χ0) is 13.0. The van der Waals surface area contributed by atoms with Crippen LogP contribution in [0.25, 0.3) is 0 Å². The number of aliphatic hydroxyl groups is 1. The van der Waals surface area contributed by atoms with Gasteiger partial charge in [0.25, 0.3) is 0 Å². The van der Waals surface area contributed by atoms with Crippen LogP contribution in [0.3, 0.4) is 0 Å². The molecule has 1 aliphatic rings. The minimum absolute atomic E-state index is 0.0933. The van der Waals surface area contributed by atoms with Gasteiger partial charge >= 0.3 is 0 Å². The van der Waals surface area contributed by atoms with E-state index in [0.29, 0.717) is 30.3 Å². The maximum Gasteiger partial charge on any atom is 0.220 e. The van der Waals surface area contributed by atoms with E-state index in [2.05, 4.69) is 5.32 Å². The van der Waals surface area contributed by atoms with Gasteiger partial charge in [-0.25, -0.2) is 0 Å². The average Bonchev–Trinajstić information content (AvgIpc) is 3.12. The molecule has 2 rings (SSSR count). The number of benzene rings is 1. The number of hydrogen-bond donors (Lipinski definition) is 2. The highest BCUT2D eigenvalue weighted by Crippen LogP contribution is 2.32. The Bertz CT molecular complexity index is 418. The largest absolute Gasteiger partial charge is 0.388 e. The van der Waals surface area contributed by atoms with Gasteiger partial charge in [-0.15, -0.1) is 0 Å². The van der Waals surface area contributed by atoms with Crippen LogP contribution in [0.1, 0.15) is 37.4 Å². The van der Waals surface area contributed by atoms with Gasteiger partial charge in [0.05, 0.1) is 6.10 Å². The van der Waals surface area contributed by atoms with Crippen LogP contribution in [0.15, 0.2) is 24.3 Å². The van der Waals surface area contributed by atoms with Gasteiger partial charge in [-0.2, -0.15) is 0 Å². The Morgan fingerprint density at radius 1 is 1.50 bits per heavy atom. The van der Waals surface area contributed by atoms with Gasteiger partial charge in [-0.3, -0.25) is 4.79 Å². The molecule has 1 saturated carbocycles. The number of nitrogens with one attached hydrogen (secondary N) is 1. The summed E-state index contributed by atoms with van der Waals surface area (Å²) >= 11 is 5.86. The number of aliphatic hydroxyl groups excluding tert-OH is 1. The molecule has 1 amide bonds. The van der Waals surface area contributed by atoms with Gasteiger partial charge in [0.1, 0.15) is 0 Å². The van der Waals surface area contributed by atoms with Gasteiger partial charge in [0.2, 0.25) is 5.91 Å². The van der Waals surface area contributed by atoms with Crippen molar-refractivity contribution >= 4 is 17.5 Å². The number of halogens is 1. The van der Waals surface area contributed by atoms with Crippen molar-refractivity contribution in [3.05, 3.63) is 34.9 Å². The van der Waals surface area contributed by atoms with Gasteiger partial charge in [0, 0.05) is 18.0 Å². The van der Waals surface area contributed by atoms with E-state index in [4.69, 9.17) is 11.6 Å². The summed E-state index contributed by atoms with van der Waals surface area (Å²) in [7, 11) is 0. The van der Waals surface area contributed by atoms with Crippen molar-refractivity contribution in [1.82, 2.24) is 5.32 Å². The van der Waals surface area contributed by atoms with Crippen LogP contribution < -0.4 is 5.32 Å². The molecule has 4 heteroatoms.